The summed E-state index contributed by atoms with van der Waals surface area (Å²) >= 11 is 0. The minimum Gasteiger partial charge on any atom is -0.392 e. The van der Waals surface area contributed by atoms with E-state index in [-0.39, 0.29) is 0 Å². The van der Waals surface area contributed by atoms with Crippen LogP contribution in [0.1, 0.15) is 73.1 Å². The zero-order valence-electron chi connectivity index (χ0n) is 15.0. The van der Waals surface area contributed by atoms with Gasteiger partial charge in [-0.25, -0.2) is 0 Å². The van der Waals surface area contributed by atoms with Gasteiger partial charge >= 0.3 is 0 Å². The topological polar surface area (TPSA) is 21.6 Å². The van der Waals surface area contributed by atoms with Gasteiger partial charge in [-0.3, -0.25) is 0 Å². The molecule has 0 N–H and O–H groups in total. The van der Waals surface area contributed by atoms with Crippen molar-refractivity contribution in [2.75, 3.05) is 24.6 Å². The van der Waals surface area contributed by atoms with E-state index in [4.69, 9.17) is 4.84 Å². The van der Waals surface area contributed by atoms with E-state index in [1.54, 1.807) is 0 Å². The van der Waals surface area contributed by atoms with Crippen molar-refractivity contribution in [2.24, 2.45) is 11.1 Å². The van der Waals surface area contributed by atoms with Gasteiger partial charge in [0.25, 0.3) is 0 Å². The SMILES string of the molecule is CCCC[P+](CCCC)(CCCC)C[C@@H]1C(C)=NO[C@@H]1C. The van der Waals surface area contributed by atoms with Crippen LogP contribution in [0.4, 0.5) is 0 Å². The maximum absolute atomic E-state index is 5.54. The van der Waals surface area contributed by atoms with Gasteiger partial charge in [0, 0.05) is 7.26 Å². The van der Waals surface area contributed by atoms with Crippen LogP contribution in [-0.4, -0.2) is 36.5 Å². The molecule has 0 saturated heterocycles. The van der Waals surface area contributed by atoms with Gasteiger partial charge in [-0.05, 0) is 33.1 Å². The van der Waals surface area contributed by atoms with Crippen LogP contribution in [-0.2, 0) is 4.84 Å². The van der Waals surface area contributed by atoms with Gasteiger partial charge in [0.15, 0.2) is 0 Å². The fourth-order valence-electron chi connectivity index (χ4n) is 3.43. The average molecular weight is 314 g/mol. The molecule has 2 nitrogen and oxygen atoms in total. The van der Waals surface area contributed by atoms with E-state index in [2.05, 4.69) is 39.8 Å². The van der Waals surface area contributed by atoms with E-state index in [0.29, 0.717) is 12.0 Å². The highest BCUT2D eigenvalue weighted by molar-refractivity contribution is 7.75. The lowest BCUT2D eigenvalue weighted by atomic mass is 10.0. The smallest absolute Gasteiger partial charge is 0.136 e. The Morgan fingerprint density at radius 2 is 1.43 bits per heavy atom. The summed E-state index contributed by atoms with van der Waals surface area (Å²) in [5, 5.41) is 4.26. The third kappa shape index (κ3) is 5.89. The molecule has 1 aliphatic rings. The fraction of sp³-hybridized carbons (Fsp3) is 0.944. The molecule has 1 heterocycles. The molecule has 0 bridgehead atoms. The van der Waals surface area contributed by atoms with Crippen LogP contribution in [0.2, 0.25) is 0 Å². The molecule has 2 atom stereocenters. The van der Waals surface area contributed by atoms with E-state index < -0.39 is 7.26 Å². The molecular formula is C18H37NOP+. The molecule has 3 heteroatoms. The van der Waals surface area contributed by atoms with E-state index >= 15 is 0 Å². The number of oxime groups is 1. The summed E-state index contributed by atoms with van der Waals surface area (Å²) in [6.45, 7) is 11.4. The summed E-state index contributed by atoms with van der Waals surface area (Å²) in [5.41, 5.74) is 1.25. The number of rotatable bonds is 11. The molecule has 21 heavy (non-hydrogen) atoms. The predicted molar refractivity (Wildman–Crippen MR) is 98.3 cm³/mol. The Morgan fingerprint density at radius 1 is 0.952 bits per heavy atom. The van der Waals surface area contributed by atoms with E-state index in [9.17, 15) is 0 Å². The first-order valence-corrected chi connectivity index (χ1v) is 11.7. The Labute approximate surface area is 133 Å². The summed E-state index contributed by atoms with van der Waals surface area (Å²) in [6.07, 6.45) is 14.5. The van der Waals surface area contributed by atoms with Gasteiger partial charge in [-0.15, -0.1) is 0 Å². The van der Waals surface area contributed by atoms with Gasteiger partial charge < -0.3 is 4.84 Å². The van der Waals surface area contributed by atoms with Crippen molar-refractivity contribution in [1.29, 1.82) is 0 Å². The van der Waals surface area contributed by atoms with Crippen LogP contribution in [0.5, 0.6) is 0 Å². The highest BCUT2D eigenvalue weighted by Gasteiger charge is 2.42. The Balaban J connectivity index is 2.81. The van der Waals surface area contributed by atoms with Crippen LogP contribution in [0.3, 0.4) is 0 Å². The first-order chi connectivity index (χ1) is 10.1. The highest BCUT2D eigenvalue weighted by atomic mass is 31.2. The number of unbranched alkanes of at least 4 members (excludes halogenated alkanes) is 3. The quantitative estimate of drug-likeness (QED) is 0.441. The van der Waals surface area contributed by atoms with Crippen molar-refractivity contribution < 1.29 is 4.84 Å². The maximum atomic E-state index is 5.54. The van der Waals surface area contributed by atoms with Crippen LogP contribution in [0.15, 0.2) is 5.16 Å². The third-order valence-electron chi connectivity index (χ3n) is 5.01. The molecule has 0 aromatic carbocycles. The number of hydrogen-bond donors (Lipinski definition) is 0. The number of hydrogen-bond acceptors (Lipinski definition) is 2. The zero-order valence-corrected chi connectivity index (χ0v) is 15.9. The van der Waals surface area contributed by atoms with Gasteiger partial charge in [0.2, 0.25) is 0 Å². The molecule has 0 amide bonds. The predicted octanol–water partition coefficient (Wildman–Crippen LogP) is 5.82. The van der Waals surface area contributed by atoms with Crippen LogP contribution in [0.25, 0.3) is 0 Å². The molecule has 124 valence electrons. The van der Waals surface area contributed by atoms with Crippen LogP contribution < -0.4 is 0 Å². The van der Waals surface area contributed by atoms with Crippen molar-refractivity contribution in [2.45, 2.75) is 79.2 Å². The second kappa shape index (κ2) is 9.82. The van der Waals surface area contributed by atoms with Gasteiger partial charge in [0.1, 0.15) is 6.10 Å². The van der Waals surface area contributed by atoms with Crippen molar-refractivity contribution in [3.63, 3.8) is 0 Å². The molecule has 0 radical (unpaired) electrons. The Bertz CT molecular complexity index is 295. The van der Waals surface area contributed by atoms with Crippen molar-refractivity contribution in [3.8, 4) is 0 Å². The number of nitrogens with zero attached hydrogens (tertiary/aromatic N) is 1. The summed E-state index contributed by atoms with van der Waals surface area (Å²) in [5.74, 6) is 0.587. The normalized spacial score (nSPS) is 22.2. The monoisotopic (exact) mass is 314 g/mol. The fourth-order valence-corrected chi connectivity index (χ4v) is 9.01. The van der Waals surface area contributed by atoms with Crippen molar-refractivity contribution in [3.05, 3.63) is 0 Å². The van der Waals surface area contributed by atoms with Crippen LogP contribution >= 0.6 is 7.26 Å². The lowest BCUT2D eigenvalue weighted by Crippen LogP contribution is -2.27. The Morgan fingerprint density at radius 3 is 1.76 bits per heavy atom. The van der Waals surface area contributed by atoms with Gasteiger partial charge in [-0.2, -0.15) is 0 Å². The highest BCUT2D eigenvalue weighted by Crippen LogP contribution is 2.62. The first-order valence-electron chi connectivity index (χ1n) is 9.14. The largest absolute Gasteiger partial charge is 0.392 e. The van der Waals surface area contributed by atoms with Crippen LogP contribution in [0, 0.1) is 5.92 Å². The second-order valence-corrected chi connectivity index (χ2v) is 11.3. The average Bonchev–Trinajstić information content (AvgIpc) is 2.80. The van der Waals surface area contributed by atoms with E-state index in [1.165, 1.54) is 68.9 Å². The summed E-state index contributed by atoms with van der Waals surface area (Å²) in [7, 11) is -0.830. The summed E-state index contributed by atoms with van der Waals surface area (Å²) in [6, 6.07) is 0. The maximum Gasteiger partial charge on any atom is 0.136 e. The molecular weight excluding hydrogens is 277 g/mol. The van der Waals surface area contributed by atoms with Gasteiger partial charge in [-0.1, -0.05) is 45.2 Å². The lowest BCUT2D eigenvalue weighted by molar-refractivity contribution is 0.0805. The lowest BCUT2D eigenvalue weighted by Gasteiger charge is -2.31. The molecule has 0 unspecified atom stereocenters. The molecule has 0 aromatic rings. The zero-order chi connectivity index (χ0) is 15.7. The second-order valence-electron chi connectivity index (χ2n) is 6.91. The third-order valence-corrected chi connectivity index (χ3v) is 9.97. The standard InChI is InChI=1S/C18H37NOP/c1-6-9-12-21(13-10-7-2,14-11-8-3)15-18-16(4)19-20-17(18)5/h17-18H,6-15H2,1-5H3/q+1/t17-,18-/m1/s1. The molecule has 1 rings (SSSR count). The molecule has 1 aliphatic heterocycles. The summed E-state index contributed by atoms with van der Waals surface area (Å²) in [4.78, 5) is 5.54. The minimum absolute atomic E-state index is 0.300. The Kier molecular flexibility index (Phi) is 8.86. The minimum atomic E-state index is -0.830. The molecule has 0 aromatic heterocycles. The van der Waals surface area contributed by atoms with Gasteiger partial charge in [0.05, 0.1) is 36.3 Å². The molecule has 0 spiro atoms. The van der Waals surface area contributed by atoms with Crippen molar-refractivity contribution >= 4 is 13.0 Å². The molecule has 0 saturated carbocycles. The first kappa shape index (κ1) is 18.9. The molecule has 0 fully saturated rings. The van der Waals surface area contributed by atoms with E-state index in [0.717, 1.165) is 0 Å². The summed E-state index contributed by atoms with van der Waals surface area (Å²) < 4.78 is 0. The van der Waals surface area contributed by atoms with E-state index in [1.807, 2.05) is 0 Å². The Hall–Kier alpha value is -0.100. The molecule has 0 aliphatic carbocycles. The van der Waals surface area contributed by atoms with Crippen molar-refractivity contribution in [1.82, 2.24) is 0 Å².